The van der Waals surface area contributed by atoms with Crippen molar-refractivity contribution < 1.29 is 9.52 Å². The van der Waals surface area contributed by atoms with Gasteiger partial charge < -0.3 is 9.52 Å². The molecule has 1 aromatic heterocycles. The molecule has 0 aromatic carbocycles. The molecular formula is C12H18O2. The molecule has 0 aliphatic heterocycles. The summed E-state index contributed by atoms with van der Waals surface area (Å²) in [6, 6.07) is 3.71. The topological polar surface area (TPSA) is 33.4 Å². The molecule has 1 aromatic rings. The molecule has 0 atom stereocenters. The zero-order chi connectivity index (χ0) is 10.2. The molecule has 1 N–H and O–H groups in total. The smallest absolute Gasteiger partial charge is 0.135 e. The van der Waals surface area contributed by atoms with Gasteiger partial charge in [-0.2, -0.15) is 0 Å². The molecule has 0 radical (unpaired) electrons. The molecule has 0 bridgehead atoms. The largest absolute Gasteiger partial charge is 0.466 e. The Bertz CT molecular complexity index is 288. The van der Waals surface area contributed by atoms with E-state index < -0.39 is 5.60 Å². The van der Waals surface area contributed by atoms with E-state index in [4.69, 9.17) is 4.42 Å². The molecule has 2 nitrogen and oxygen atoms in total. The minimum Gasteiger partial charge on any atom is -0.466 e. The summed E-state index contributed by atoms with van der Waals surface area (Å²) in [7, 11) is 0. The van der Waals surface area contributed by atoms with Crippen molar-refractivity contribution in [3.63, 3.8) is 0 Å². The van der Waals surface area contributed by atoms with Crippen LogP contribution in [0.25, 0.3) is 0 Å². The maximum absolute atomic E-state index is 10.4. The summed E-state index contributed by atoms with van der Waals surface area (Å²) in [5.74, 6) is 0.730. The molecule has 14 heavy (non-hydrogen) atoms. The summed E-state index contributed by atoms with van der Waals surface area (Å²) >= 11 is 0. The van der Waals surface area contributed by atoms with Crippen LogP contribution in [0.5, 0.6) is 0 Å². The summed E-state index contributed by atoms with van der Waals surface area (Å²) in [5.41, 5.74) is -0.335. The molecule has 0 saturated heterocycles. The highest BCUT2D eigenvalue weighted by molar-refractivity contribution is 5.10. The number of hydrogen-bond donors (Lipinski definition) is 1. The van der Waals surface area contributed by atoms with Crippen molar-refractivity contribution in [1.29, 1.82) is 0 Å². The van der Waals surface area contributed by atoms with E-state index in [0.717, 1.165) is 31.4 Å². The van der Waals surface area contributed by atoms with E-state index in [0.29, 0.717) is 5.41 Å². The second kappa shape index (κ2) is 3.13. The van der Waals surface area contributed by atoms with E-state index in [1.165, 1.54) is 0 Å². The second-order valence-corrected chi connectivity index (χ2v) is 5.17. The minimum atomic E-state index is -0.709. The molecule has 0 amide bonds. The highest BCUT2D eigenvalue weighted by atomic mass is 16.4. The average Bonchev–Trinajstić information content (AvgIpc) is 2.64. The normalized spacial score (nSPS) is 24.8. The van der Waals surface area contributed by atoms with Crippen LogP contribution in [0.4, 0.5) is 0 Å². The van der Waals surface area contributed by atoms with Crippen LogP contribution in [-0.2, 0) is 5.60 Å². The lowest BCUT2D eigenvalue weighted by atomic mass is 9.70. The maximum atomic E-state index is 10.4. The van der Waals surface area contributed by atoms with Gasteiger partial charge in [-0.25, -0.2) is 0 Å². The molecule has 1 heterocycles. The van der Waals surface area contributed by atoms with Crippen LogP contribution < -0.4 is 0 Å². The Morgan fingerprint density at radius 2 is 1.86 bits per heavy atom. The van der Waals surface area contributed by atoms with Crippen LogP contribution in [0.15, 0.2) is 22.8 Å². The third-order valence-electron chi connectivity index (χ3n) is 3.41. The molecule has 0 unspecified atom stereocenters. The predicted molar refractivity (Wildman–Crippen MR) is 54.9 cm³/mol. The number of aliphatic hydroxyl groups is 1. The Kier molecular flexibility index (Phi) is 2.18. The highest BCUT2D eigenvalue weighted by Crippen LogP contribution is 2.44. The number of rotatable bonds is 1. The predicted octanol–water partition coefficient (Wildman–Crippen LogP) is 3.07. The Morgan fingerprint density at radius 3 is 2.36 bits per heavy atom. The zero-order valence-corrected chi connectivity index (χ0v) is 8.92. The van der Waals surface area contributed by atoms with Crippen molar-refractivity contribution in [2.24, 2.45) is 5.41 Å². The Balaban J connectivity index is 2.13. The standard InChI is InChI=1S/C12H18O2/c1-11(2)5-7-12(13,8-6-11)10-4-3-9-14-10/h3-4,9,13H,5-8H2,1-2H3. The van der Waals surface area contributed by atoms with Gasteiger partial charge in [-0.3, -0.25) is 0 Å². The summed E-state index contributed by atoms with van der Waals surface area (Å²) < 4.78 is 5.29. The van der Waals surface area contributed by atoms with Crippen LogP contribution >= 0.6 is 0 Å². The van der Waals surface area contributed by atoms with Gasteiger partial charge in [0, 0.05) is 0 Å². The number of furan rings is 1. The van der Waals surface area contributed by atoms with E-state index in [9.17, 15) is 5.11 Å². The van der Waals surface area contributed by atoms with Gasteiger partial charge in [-0.05, 0) is 43.2 Å². The third kappa shape index (κ3) is 1.71. The lowest BCUT2D eigenvalue weighted by molar-refractivity contribution is -0.0465. The highest BCUT2D eigenvalue weighted by Gasteiger charge is 2.39. The lowest BCUT2D eigenvalue weighted by Gasteiger charge is -2.38. The van der Waals surface area contributed by atoms with Crippen molar-refractivity contribution in [1.82, 2.24) is 0 Å². The second-order valence-electron chi connectivity index (χ2n) is 5.17. The maximum Gasteiger partial charge on any atom is 0.135 e. The van der Waals surface area contributed by atoms with E-state index in [1.54, 1.807) is 6.26 Å². The first kappa shape index (κ1) is 9.78. The molecule has 0 spiro atoms. The van der Waals surface area contributed by atoms with Crippen LogP contribution in [0, 0.1) is 5.41 Å². The Hall–Kier alpha value is -0.760. The van der Waals surface area contributed by atoms with Crippen molar-refractivity contribution in [3.05, 3.63) is 24.2 Å². The minimum absolute atomic E-state index is 0.374. The molecular weight excluding hydrogens is 176 g/mol. The van der Waals surface area contributed by atoms with E-state index in [2.05, 4.69) is 13.8 Å². The summed E-state index contributed by atoms with van der Waals surface area (Å²) in [6.07, 6.45) is 5.38. The average molecular weight is 194 g/mol. The Labute approximate surface area is 84.9 Å². The molecule has 78 valence electrons. The fourth-order valence-electron chi connectivity index (χ4n) is 2.13. The molecule has 1 fully saturated rings. The quantitative estimate of drug-likeness (QED) is 0.745. The molecule has 1 aliphatic carbocycles. The van der Waals surface area contributed by atoms with Gasteiger partial charge >= 0.3 is 0 Å². The van der Waals surface area contributed by atoms with Crippen molar-refractivity contribution in [2.75, 3.05) is 0 Å². The van der Waals surface area contributed by atoms with E-state index in [-0.39, 0.29) is 0 Å². The first-order chi connectivity index (χ1) is 6.52. The SMILES string of the molecule is CC1(C)CCC(O)(c2ccco2)CC1. The summed E-state index contributed by atoms with van der Waals surface area (Å²) in [4.78, 5) is 0. The first-order valence-electron chi connectivity index (χ1n) is 5.28. The van der Waals surface area contributed by atoms with Crippen molar-refractivity contribution in [2.45, 2.75) is 45.1 Å². The van der Waals surface area contributed by atoms with E-state index >= 15 is 0 Å². The van der Waals surface area contributed by atoms with Crippen molar-refractivity contribution >= 4 is 0 Å². The Morgan fingerprint density at radius 1 is 1.21 bits per heavy atom. The monoisotopic (exact) mass is 194 g/mol. The fraction of sp³-hybridized carbons (Fsp3) is 0.667. The lowest BCUT2D eigenvalue weighted by Crippen LogP contribution is -2.34. The third-order valence-corrected chi connectivity index (χ3v) is 3.41. The van der Waals surface area contributed by atoms with Gasteiger partial charge in [-0.15, -0.1) is 0 Å². The van der Waals surface area contributed by atoms with Crippen LogP contribution in [0.2, 0.25) is 0 Å². The fourth-order valence-corrected chi connectivity index (χ4v) is 2.13. The zero-order valence-electron chi connectivity index (χ0n) is 8.92. The van der Waals surface area contributed by atoms with Gasteiger partial charge in [0.05, 0.1) is 6.26 Å². The van der Waals surface area contributed by atoms with Gasteiger partial charge in [0.25, 0.3) is 0 Å². The van der Waals surface area contributed by atoms with Gasteiger partial charge in [0.15, 0.2) is 0 Å². The molecule has 1 saturated carbocycles. The number of hydrogen-bond acceptors (Lipinski definition) is 2. The molecule has 1 aliphatic rings. The van der Waals surface area contributed by atoms with E-state index in [1.807, 2.05) is 12.1 Å². The molecule has 2 rings (SSSR count). The van der Waals surface area contributed by atoms with Gasteiger partial charge in [0.2, 0.25) is 0 Å². The van der Waals surface area contributed by atoms with Crippen LogP contribution in [-0.4, -0.2) is 5.11 Å². The summed E-state index contributed by atoms with van der Waals surface area (Å²) in [6.45, 7) is 4.52. The van der Waals surface area contributed by atoms with Crippen molar-refractivity contribution in [3.8, 4) is 0 Å². The first-order valence-corrected chi connectivity index (χ1v) is 5.28. The molecule has 2 heteroatoms. The van der Waals surface area contributed by atoms with Gasteiger partial charge in [0.1, 0.15) is 11.4 Å². The summed E-state index contributed by atoms with van der Waals surface area (Å²) in [5, 5.41) is 10.4. The van der Waals surface area contributed by atoms with Crippen LogP contribution in [0.3, 0.4) is 0 Å². The van der Waals surface area contributed by atoms with Gasteiger partial charge in [-0.1, -0.05) is 13.8 Å². The van der Waals surface area contributed by atoms with Crippen LogP contribution in [0.1, 0.15) is 45.3 Å².